The van der Waals surface area contributed by atoms with Crippen molar-refractivity contribution in [3.8, 4) is 0 Å². The lowest BCUT2D eigenvalue weighted by molar-refractivity contribution is 0.209. The van der Waals surface area contributed by atoms with Gasteiger partial charge in [-0.05, 0) is 45.0 Å². The molecule has 1 atom stereocenters. The minimum atomic E-state index is 0.354. The third-order valence-corrected chi connectivity index (χ3v) is 3.38. The fourth-order valence-corrected chi connectivity index (χ4v) is 2.41. The summed E-state index contributed by atoms with van der Waals surface area (Å²) in [6.45, 7) is 6.14. The third-order valence-electron chi connectivity index (χ3n) is 3.38. The quantitative estimate of drug-likeness (QED) is 0.848. The van der Waals surface area contributed by atoms with E-state index in [1.807, 2.05) is 13.0 Å². The van der Waals surface area contributed by atoms with E-state index in [1.165, 1.54) is 32.4 Å². The molecule has 1 saturated heterocycles. The molecule has 0 aliphatic carbocycles. The summed E-state index contributed by atoms with van der Waals surface area (Å²) in [4.78, 5) is 2.51. The molecule has 3 heteroatoms. The molecule has 0 bridgehead atoms. The predicted octanol–water partition coefficient (Wildman–Crippen LogP) is 2.12. The van der Waals surface area contributed by atoms with Gasteiger partial charge in [0.05, 0.1) is 0 Å². The topological polar surface area (TPSA) is 42.4 Å². The van der Waals surface area contributed by atoms with Gasteiger partial charge in [-0.1, -0.05) is 6.42 Å². The summed E-state index contributed by atoms with van der Waals surface area (Å²) in [5.74, 6) is 2.38. The molecule has 2 N–H and O–H groups in total. The molecule has 0 spiro atoms. The second kappa shape index (κ2) is 5.51. The molecule has 3 nitrogen and oxygen atoms in total. The van der Waals surface area contributed by atoms with E-state index in [4.69, 9.17) is 10.2 Å². The van der Waals surface area contributed by atoms with Gasteiger partial charge in [0.2, 0.25) is 0 Å². The first-order valence-electron chi connectivity index (χ1n) is 6.28. The molecule has 1 aliphatic rings. The fourth-order valence-electron chi connectivity index (χ4n) is 2.41. The van der Waals surface area contributed by atoms with Crippen LogP contribution in [-0.4, -0.2) is 31.1 Å². The van der Waals surface area contributed by atoms with E-state index >= 15 is 0 Å². The molecule has 0 saturated carbocycles. The van der Waals surface area contributed by atoms with E-state index < -0.39 is 0 Å². The lowest BCUT2D eigenvalue weighted by Gasteiger charge is -2.29. The third kappa shape index (κ3) is 2.86. The number of rotatable bonds is 4. The molecule has 1 unspecified atom stereocenters. The van der Waals surface area contributed by atoms with Gasteiger partial charge in [-0.25, -0.2) is 0 Å². The molecular weight excluding hydrogens is 200 g/mol. The lowest BCUT2D eigenvalue weighted by Crippen LogP contribution is -2.35. The number of likely N-dealkylation sites (tertiary alicyclic amines) is 1. The van der Waals surface area contributed by atoms with Gasteiger partial charge in [-0.15, -0.1) is 0 Å². The number of hydrogen-bond donors (Lipinski definition) is 1. The Morgan fingerprint density at radius 1 is 1.31 bits per heavy atom. The number of hydrogen-bond acceptors (Lipinski definition) is 3. The van der Waals surface area contributed by atoms with Crippen molar-refractivity contribution in [2.24, 2.45) is 5.73 Å². The Hall–Kier alpha value is -0.800. The molecule has 0 aromatic carbocycles. The first-order valence-corrected chi connectivity index (χ1v) is 6.28. The Morgan fingerprint density at radius 3 is 2.62 bits per heavy atom. The van der Waals surface area contributed by atoms with Gasteiger partial charge in [0.15, 0.2) is 0 Å². The van der Waals surface area contributed by atoms with Crippen LogP contribution in [-0.2, 0) is 0 Å². The monoisotopic (exact) mass is 222 g/mol. The highest BCUT2D eigenvalue weighted by atomic mass is 16.3. The molecule has 1 aromatic rings. The van der Waals surface area contributed by atoms with E-state index in [-0.39, 0.29) is 0 Å². The van der Waals surface area contributed by atoms with Crippen molar-refractivity contribution in [3.63, 3.8) is 0 Å². The van der Waals surface area contributed by atoms with Gasteiger partial charge in [-0.3, -0.25) is 0 Å². The molecule has 16 heavy (non-hydrogen) atoms. The normalized spacial score (nSPS) is 19.9. The first kappa shape index (κ1) is 11.7. The Balaban J connectivity index is 1.94. The molecule has 0 radical (unpaired) electrons. The highest BCUT2D eigenvalue weighted by molar-refractivity contribution is 5.11. The van der Waals surface area contributed by atoms with Crippen LogP contribution in [0.3, 0.4) is 0 Å². The number of aryl methyl sites for hydroxylation is 1. The first-order chi connectivity index (χ1) is 7.79. The van der Waals surface area contributed by atoms with Gasteiger partial charge >= 0.3 is 0 Å². The van der Waals surface area contributed by atoms with Gasteiger partial charge in [0, 0.05) is 19.0 Å². The van der Waals surface area contributed by atoms with E-state index in [0.29, 0.717) is 12.5 Å². The highest BCUT2D eigenvalue weighted by Gasteiger charge is 2.19. The molecule has 2 rings (SSSR count). The SMILES string of the molecule is Cc1ccc(C(CN)CN2CCCCC2)o1. The van der Waals surface area contributed by atoms with Crippen LogP contribution in [0.15, 0.2) is 16.5 Å². The smallest absolute Gasteiger partial charge is 0.109 e. The van der Waals surface area contributed by atoms with Crippen molar-refractivity contribution in [1.29, 1.82) is 0 Å². The molecule has 90 valence electrons. The maximum atomic E-state index is 5.84. The summed E-state index contributed by atoms with van der Waals surface area (Å²) >= 11 is 0. The predicted molar refractivity (Wildman–Crippen MR) is 65.5 cm³/mol. The molecule has 1 aliphatic heterocycles. The molecule has 1 fully saturated rings. The van der Waals surface area contributed by atoms with E-state index in [1.54, 1.807) is 0 Å². The van der Waals surface area contributed by atoms with Crippen molar-refractivity contribution < 1.29 is 4.42 Å². The number of nitrogens with two attached hydrogens (primary N) is 1. The number of nitrogens with zero attached hydrogens (tertiary/aromatic N) is 1. The van der Waals surface area contributed by atoms with Crippen molar-refractivity contribution in [1.82, 2.24) is 4.90 Å². The molecular formula is C13H22N2O. The fraction of sp³-hybridized carbons (Fsp3) is 0.692. The highest BCUT2D eigenvalue weighted by Crippen LogP contribution is 2.20. The number of piperidine rings is 1. The zero-order valence-corrected chi connectivity index (χ0v) is 10.1. The molecule has 1 aromatic heterocycles. The largest absolute Gasteiger partial charge is 0.466 e. The summed E-state index contributed by atoms with van der Waals surface area (Å²) in [5.41, 5.74) is 5.84. The maximum absolute atomic E-state index is 5.84. The molecule has 0 amide bonds. The minimum Gasteiger partial charge on any atom is -0.466 e. The van der Waals surface area contributed by atoms with Crippen LogP contribution in [0.25, 0.3) is 0 Å². The van der Waals surface area contributed by atoms with Gasteiger partial charge < -0.3 is 15.1 Å². The number of furan rings is 1. The minimum absolute atomic E-state index is 0.354. The van der Waals surface area contributed by atoms with Crippen LogP contribution in [0.2, 0.25) is 0 Å². The van der Waals surface area contributed by atoms with Crippen molar-refractivity contribution in [3.05, 3.63) is 23.7 Å². The van der Waals surface area contributed by atoms with E-state index in [0.717, 1.165) is 18.1 Å². The summed E-state index contributed by atoms with van der Waals surface area (Å²) in [7, 11) is 0. The molecule has 2 heterocycles. The van der Waals surface area contributed by atoms with Crippen molar-refractivity contribution in [2.45, 2.75) is 32.1 Å². The Labute approximate surface area is 97.6 Å². The van der Waals surface area contributed by atoms with E-state index in [2.05, 4.69) is 11.0 Å². The Bertz CT molecular complexity index is 315. The van der Waals surface area contributed by atoms with Crippen LogP contribution in [0, 0.1) is 6.92 Å². The standard InChI is InChI=1S/C13H22N2O/c1-11-5-6-13(16-11)12(9-14)10-15-7-3-2-4-8-15/h5-6,12H,2-4,7-10,14H2,1H3. The van der Waals surface area contributed by atoms with Crippen LogP contribution < -0.4 is 5.73 Å². The second-order valence-corrected chi connectivity index (χ2v) is 4.74. The zero-order chi connectivity index (χ0) is 11.4. The van der Waals surface area contributed by atoms with Crippen LogP contribution in [0.5, 0.6) is 0 Å². The summed E-state index contributed by atoms with van der Waals surface area (Å²) in [5, 5.41) is 0. The maximum Gasteiger partial charge on any atom is 0.109 e. The summed E-state index contributed by atoms with van der Waals surface area (Å²) < 4.78 is 5.67. The Morgan fingerprint density at radius 2 is 2.06 bits per heavy atom. The van der Waals surface area contributed by atoms with Gasteiger partial charge in [0.1, 0.15) is 11.5 Å². The Kier molecular flexibility index (Phi) is 4.02. The van der Waals surface area contributed by atoms with Crippen LogP contribution in [0.4, 0.5) is 0 Å². The summed E-state index contributed by atoms with van der Waals surface area (Å²) in [6.07, 6.45) is 4.03. The van der Waals surface area contributed by atoms with Gasteiger partial charge in [-0.2, -0.15) is 0 Å². The van der Waals surface area contributed by atoms with Gasteiger partial charge in [0.25, 0.3) is 0 Å². The van der Waals surface area contributed by atoms with Crippen molar-refractivity contribution in [2.75, 3.05) is 26.2 Å². The van der Waals surface area contributed by atoms with Crippen molar-refractivity contribution >= 4 is 0 Å². The lowest BCUT2D eigenvalue weighted by atomic mass is 10.0. The van der Waals surface area contributed by atoms with Crippen LogP contribution >= 0.6 is 0 Å². The average molecular weight is 222 g/mol. The van der Waals surface area contributed by atoms with E-state index in [9.17, 15) is 0 Å². The average Bonchev–Trinajstić information content (AvgIpc) is 2.74. The second-order valence-electron chi connectivity index (χ2n) is 4.74. The van der Waals surface area contributed by atoms with Crippen LogP contribution in [0.1, 0.15) is 36.7 Å². The summed E-state index contributed by atoms with van der Waals surface area (Å²) in [6, 6.07) is 4.09. The zero-order valence-electron chi connectivity index (χ0n) is 10.1.